The van der Waals surface area contributed by atoms with E-state index in [4.69, 9.17) is 9.47 Å². The molecule has 108 valence electrons. The molecule has 8 nitrogen and oxygen atoms in total. The number of hydrogen-bond acceptors (Lipinski definition) is 6. The van der Waals surface area contributed by atoms with E-state index in [0.29, 0.717) is 0 Å². The number of ether oxygens (including phenoxy) is 2. The van der Waals surface area contributed by atoms with E-state index in [-0.39, 0.29) is 30.3 Å². The lowest BCUT2D eigenvalue weighted by atomic mass is 10.3. The number of rotatable bonds is 5. The molecule has 1 aromatic rings. The second-order valence-corrected chi connectivity index (χ2v) is 4.53. The molecule has 0 saturated carbocycles. The third-order valence-corrected chi connectivity index (χ3v) is 2.78. The van der Waals surface area contributed by atoms with Crippen LogP contribution in [0.1, 0.15) is 0 Å². The minimum absolute atomic E-state index is 0.0474. The van der Waals surface area contributed by atoms with E-state index in [0.717, 1.165) is 0 Å². The Labute approximate surface area is 115 Å². The van der Waals surface area contributed by atoms with Crippen LogP contribution < -0.4 is 5.32 Å². The Morgan fingerprint density at radius 2 is 2.20 bits per heavy atom. The number of para-hydroxylation sites is 2. The molecule has 8 heteroatoms. The Bertz CT molecular complexity index is 520. The highest BCUT2D eigenvalue weighted by Gasteiger charge is 2.41. The largest absolute Gasteiger partial charge is 0.446 e. The van der Waals surface area contributed by atoms with E-state index in [9.17, 15) is 14.9 Å². The van der Waals surface area contributed by atoms with E-state index in [2.05, 4.69) is 5.32 Å². The molecule has 0 spiro atoms. The van der Waals surface area contributed by atoms with Gasteiger partial charge in [-0.25, -0.2) is 4.79 Å². The predicted molar refractivity (Wildman–Crippen MR) is 70.4 cm³/mol. The number of nitro benzene ring substituents is 1. The molecule has 1 N–H and O–H groups in total. The topological polar surface area (TPSA) is 97.2 Å². The average Bonchev–Trinajstić information content (AvgIpc) is 3.16. The number of nitrogens with one attached hydrogen (secondary N) is 1. The molecule has 20 heavy (non-hydrogen) atoms. The molecule has 0 radical (unpaired) electrons. The lowest BCUT2D eigenvalue weighted by Crippen LogP contribution is -2.22. The van der Waals surface area contributed by atoms with Crippen LogP contribution in [0, 0.1) is 10.1 Å². The minimum atomic E-state index is -0.743. The van der Waals surface area contributed by atoms with Gasteiger partial charge in [-0.1, -0.05) is 12.1 Å². The Morgan fingerprint density at radius 1 is 1.50 bits per heavy atom. The monoisotopic (exact) mass is 281 g/mol. The van der Waals surface area contributed by atoms with Gasteiger partial charge in [-0.2, -0.15) is 0 Å². The number of nitrogens with zero attached hydrogens (tertiary/aromatic N) is 2. The summed E-state index contributed by atoms with van der Waals surface area (Å²) in [6, 6.07) is 5.86. The van der Waals surface area contributed by atoms with Gasteiger partial charge < -0.3 is 9.47 Å². The summed E-state index contributed by atoms with van der Waals surface area (Å²) in [5, 5.41) is 13.1. The molecule has 1 heterocycles. The van der Waals surface area contributed by atoms with Crippen LogP contribution in [0.5, 0.6) is 0 Å². The maximum atomic E-state index is 11.6. The first-order valence-corrected chi connectivity index (χ1v) is 5.98. The number of nitro groups is 1. The summed E-state index contributed by atoms with van der Waals surface area (Å²) in [5.41, 5.74) is -0.0818. The van der Waals surface area contributed by atoms with Crippen molar-refractivity contribution in [1.29, 1.82) is 0 Å². The van der Waals surface area contributed by atoms with Gasteiger partial charge in [0.2, 0.25) is 0 Å². The van der Waals surface area contributed by atoms with Crippen LogP contribution >= 0.6 is 0 Å². The van der Waals surface area contributed by atoms with E-state index in [1.165, 1.54) is 18.2 Å². The van der Waals surface area contributed by atoms with Crippen LogP contribution in [0.4, 0.5) is 16.2 Å². The fourth-order valence-corrected chi connectivity index (χ4v) is 1.75. The average molecular weight is 281 g/mol. The Hall–Kier alpha value is -2.19. The third kappa shape index (κ3) is 3.43. The zero-order valence-electron chi connectivity index (χ0n) is 11.1. The maximum absolute atomic E-state index is 11.6. The summed E-state index contributed by atoms with van der Waals surface area (Å²) in [6.45, 7) is 0.106. The van der Waals surface area contributed by atoms with E-state index in [1.807, 2.05) is 19.0 Å². The lowest BCUT2D eigenvalue weighted by Gasteiger charge is -2.07. The van der Waals surface area contributed by atoms with Gasteiger partial charge in [-0.15, -0.1) is 0 Å². The van der Waals surface area contributed by atoms with Gasteiger partial charge in [0.15, 0.2) is 0 Å². The van der Waals surface area contributed by atoms with Crippen molar-refractivity contribution in [3.8, 4) is 0 Å². The maximum Gasteiger partial charge on any atom is 0.411 e. The number of benzene rings is 1. The van der Waals surface area contributed by atoms with Gasteiger partial charge in [0.25, 0.3) is 5.69 Å². The fraction of sp³-hybridized carbons (Fsp3) is 0.417. The molecular formula is C12H15N3O5. The summed E-state index contributed by atoms with van der Waals surface area (Å²) in [6.07, 6.45) is -0.942. The predicted octanol–water partition coefficient (Wildman–Crippen LogP) is 1.43. The summed E-state index contributed by atoms with van der Waals surface area (Å²) >= 11 is 0. The molecule has 0 aromatic heterocycles. The van der Waals surface area contributed by atoms with Crippen molar-refractivity contribution in [2.45, 2.75) is 12.3 Å². The van der Waals surface area contributed by atoms with E-state index >= 15 is 0 Å². The van der Waals surface area contributed by atoms with Gasteiger partial charge in [-0.3, -0.25) is 20.3 Å². The van der Waals surface area contributed by atoms with Crippen molar-refractivity contribution in [1.82, 2.24) is 4.90 Å². The number of anilines is 1. The zero-order chi connectivity index (χ0) is 14.7. The second-order valence-electron chi connectivity index (χ2n) is 4.53. The van der Waals surface area contributed by atoms with Crippen LogP contribution in [-0.4, -0.2) is 49.0 Å². The highest BCUT2D eigenvalue weighted by Crippen LogP contribution is 2.25. The minimum Gasteiger partial charge on any atom is -0.446 e. The molecule has 1 fully saturated rings. The normalized spacial score (nSPS) is 20.6. The highest BCUT2D eigenvalue weighted by atomic mass is 16.6. The molecule has 2 rings (SSSR count). The van der Waals surface area contributed by atoms with Crippen molar-refractivity contribution in [2.75, 3.05) is 26.0 Å². The first kappa shape index (κ1) is 14.2. The van der Waals surface area contributed by atoms with Crippen LogP contribution in [0.3, 0.4) is 0 Å². The Kier molecular flexibility index (Phi) is 4.16. The molecule has 1 aliphatic heterocycles. The summed E-state index contributed by atoms with van der Waals surface area (Å²) in [5.74, 6) is 0. The SMILES string of the molecule is CN(C)C1OC1COC(=O)Nc1ccccc1[N+](=O)[O-]. The fourth-order valence-electron chi connectivity index (χ4n) is 1.75. The zero-order valence-corrected chi connectivity index (χ0v) is 11.1. The number of carbonyl (C=O) groups is 1. The van der Waals surface area contributed by atoms with Gasteiger partial charge in [0.05, 0.1) is 4.92 Å². The molecular weight excluding hydrogens is 266 g/mol. The van der Waals surface area contributed by atoms with Gasteiger partial charge in [-0.05, 0) is 20.2 Å². The molecule has 1 amide bonds. The number of epoxide rings is 1. The molecule has 0 aliphatic carbocycles. The molecule has 0 bridgehead atoms. The molecule has 1 saturated heterocycles. The van der Waals surface area contributed by atoms with Crippen molar-refractivity contribution in [3.63, 3.8) is 0 Å². The third-order valence-electron chi connectivity index (χ3n) is 2.78. The standard InChI is InChI=1S/C12H15N3O5/c1-14(2)11-10(20-11)7-19-12(16)13-8-5-3-4-6-9(8)15(17)18/h3-6,10-11H,7H2,1-2H3,(H,13,16). The highest BCUT2D eigenvalue weighted by molar-refractivity contribution is 5.87. The number of likely N-dealkylation sites (N-methyl/N-ethyl adjacent to an activating group) is 1. The molecule has 2 unspecified atom stereocenters. The molecule has 2 atom stereocenters. The molecule has 1 aromatic carbocycles. The van der Waals surface area contributed by atoms with Crippen molar-refractivity contribution in [2.24, 2.45) is 0 Å². The van der Waals surface area contributed by atoms with Crippen LogP contribution in [0.2, 0.25) is 0 Å². The summed E-state index contributed by atoms with van der Waals surface area (Å²) < 4.78 is 10.2. The smallest absolute Gasteiger partial charge is 0.411 e. The first-order chi connectivity index (χ1) is 9.49. The van der Waals surface area contributed by atoms with Crippen molar-refractivity contribution in [3.05, 3.63) is 34.4 Å². The van der Waals surface area contributed by atoms with Gasteiger partial charge in [0.1, 0.15) is 24.6 Å². The quantitative estimate of drug-likeness (QED) is 0.498. The van der Waals surface area contributed by atoms with E-state index < -0.39 is 11.0 Å². The van der Waals surface area contributed by atoms with E-state index in [1.54, 1.807) is 6.07 Å². The number of amides is 1. The second kappa shape index (κ2) is 5.85. The van der Waals surface area contributed by atoms with Gasteiger partial charge in [0, 0.05) is 6.07 Å². The van der Waals surface area contributed by atoms with Crippen LogP contribution in [-0.2, 0) is 9.47 Å². The van der Waals surface area contributed by atoms with Crippen molar-refractivity contribution < 1.29 is 19.2 Å². The lowest BCUT2D eigenvalue weighted by molar-refractivity contribution is -0.383. The summed E-state index contributed by atoms with van der Waals surface area (Å²) in [7, 11) is 3.72. The van der Waals surface area contributed by atoms with Gasteiger partial charge >= 0.3 is 6.09 Å². The molecule has 1 aliphatic rings. The number of carbonyl (C=O) groups excluding carboxylic acids is 1. The summed E-state index contributed by atoms with van der Waals surface area (Å²) in [4.78, 5) is 23.7. The van der Waals surface area contributed by atoms with Crippen molar-refractivity contribution >= 4 is 17.5 Å². The van der Waals surface area contributed by atoms with Crippen LogP contribution in [0.25, 0.3) is 0 Å². The Balaban J connectivity index is 1.85. The number of hydrogen-bond donors (Lipinski definition) is 1. The van der Waals surface area contributed by atoms with Crippen LogP contribution in [0.15, 0.2) is 24.3 Å². The Morgan fingerprint density at radius 3 is 2.80 bits per heavy atom. The first-order valence-electron chi connectivity index (χ1n) is 5.98.